The van der Waals surface area contributed by atoms with Crippen LogP contribution in [0.3, 0.4) is 0 Å². The second-order valence-corrected chi connectivity index (χ2v) is 9.72. The van der Waals surface area contributed by atoms with Gasteiger partial charge in [-0.3, -0.25) is 9.59 Å². The van der Waals surface area contributed by atoms with E-state index in [1.165, 1.54) is 79.7 Å². The zero-order valence-corrected chi connectivity index (χ0v) is 21.3. The molecule has 3 aromatic carbocycles. The minimum Gasteiger partial charge on any atom is -0.478 e. The van der Waals surface area contributed by atoms with Crippen LogP contribution in [0.2, 0.25) is 0 Å². The Kier molecular flexibility index (Phi) is 8.81. The van der Waals surface area contributed by atoms with Gasteiger partial charge in [-0.05, 0) is 67.6 Å². The van der Waals surface area contributed by atoms with Gasteiger partial charge in [0.1, 0.15) is 0 Å². The third-order valence-corrected chi connectivity index (χ3v) is 6.28. The normalized spacial score (nSPS) is 11.0. The van der Waals surface area contributed by atoms with Gasteiger partial charge in [0.25, 0.3) is 0 Å². The van der Waals surface area contributed by atoms with Gasteiger partial charge in [-0.15, -0.1) is 0 Å². The van der Waals surface area contributed by atoms with E-state index in [4.69, 9.17) is 15.4 Å². The van der Waals surface area contributed by atoms with E-state index >= 15 is 0 Å². The summed E-state index contributed by atoms with van der Waals surface area (Å²) in [6.45, 7) is 1.44. The summed E-state index contributed by atoms with van der Waals surface area (Å²) in [5, 5.41) is 23.1. The molecule has 10 nitrogen and oxygen atoms in total. The molecule has 0 aliphatic rings. The standard InChI is InChI=1S/C19H14N2O5S.C9H8O3/c20-27(25,26)16-8-9-17-14(11-16)5-6-15(21-17)7-10-18(22)12-1-3-13(4-2-12)19(23)24;1-6(10)7-2-4-8(5-3-7)9(11)12/h1-11H,(H,23,24)(H2,20,25,26);2-5H,1H3,(H,11,12). The number of carboxylic acids is 2. The number of pyridine rings is 1. The lowest BCUT2D eigenvalue weighted by molar-refractivity contribution is 0.0686. The van der Waals surface area contributed by atoms with E-state index in [-0.39, 0.29) is 27.6 Å². The lowest BCUT2D eigenvalue weighted by atomic mass is 10.1. The number of Topliss-reactive ketones (excluding diaryl/α,β-unsaturated/α-hetero) is 1. The highest BCUT2D eigenvalue weighted by molar-refractivity contribution is 7.89. The van der Waals surface area contributed by atoms with E-state index in [1.807, 2.05) is 0 Å². The summed E-state index contributed by atoms with van der Waals surface area (Å²) in [7, 11) is -3.79. The highest BCUT2D eigenvalue weighted by atomic mass is 32.2. The van der Waals surface area contributed by atoms with Crippen molar-refractivity contribution >= 4 is 50.5 Å². The molecular formula is C28H22N2O8S. The van der Waals surface area contributed by atoms with Crippen LogP contribution >= 0.6 is 0 Å². The maximum atomic E-state index is 12.2. The van der Waals surface area contributed by atoms with Gasteiger partial charge in [-0.1, -0.05) is 30.3 Å². The summed E-state index contributed by atoms with van der Waals surface area (Å²) in [6, 6.07) is 19.1. The molecule has 198 valence electrons. The summed E-state index contributed by atoms with van der Waals surface area (Å²) in [5.41, 5.74) is 2.25. The molecule has 4 rings (SSSR count). The first-order valence-corrected chi connectivity index (χ1v) is 12.7. The minimum absolute atomic E-state index is 0.0000719. The third-order valence-electron chi connectivity index (χ3n) is 5.37. The number of carbonyl (C=O) groups is 4. The van der Waals surface area contributed by atoms with Gasteiger partial charge in [0.15, 0.2) is 11.6 Å². The number of nitrogens with zero attached hydrogens (tertiary/aromatic N) is 1. The van der Waals surface area contributed by atoms with Crippen LogP contribution in [0.1, 0.15) is 54.0 Å². The van der Waals surface area contributed by atoms with Crippen molar-refractivity contribution in [2.75, 3.05) is 0 Å². The van der Waals surface area contributed by atoms with Crippen molar-refractivity contribution in [3.05, 3.63) is 113 Å². The first kappa shape index (κ1) is 28.6. The summed E-state index contributed by atoms with van der Waals surface area (Å²) in [5.74, 6) is -2.40. The molecule has 0 spiro atoms. The molecule has 4 N–H and O–H groups in total. The fourth-order valence-electron chi connectivity index (χ4n) is 3.27. The Hall–Kier alpha value is -5.00. The molecule has 11 heteroatoms. The van der Waals surface area contributed by atoms with Crippen molar-refractivity contribution in [3.8, 4) is 0 Å². The highest BCUT2D eigenvalue weighted by Gasteiger charge is 2.09. The fraction of sp³-hybridized carbons (Fsp3) is 0.0357. The Morgan fingerprint density at radius 3 is 1.74 bits per heavy atom. The molecule has 0 saturated carbocycles. The first-order chi connectivity index (χ1) is 18.3. The molecule has 1 aromatic heterocycles. The van der Waals surface area contributed by atoms with Gasteiger partial charge in [0.05, 0.1) is 27.2 Å². The van der Waals surface area contributed by atoms with Crippen LogP contribution in [0.4, 0.5) is 0 Å². The summed E-state index contributed by atoms with van der Waals surface area (Å²) in [4.78, 5) is 48.5. The lowest BCUT2D eigenvalue weighted by Crippen LogP contribution is -2.11. The molecule has 0 bridgehead atoms. The number of hydrogen-bond donors (Lipinski definition) is 3. The van der Waals surface area contributed by atoms with Crippen LogP contribution < -0.4 is 5.14 Å². The number of rotatable bonds is 7. The number of aromatic carboxylic acids is 2. The predicted octanol–water partition coefficient (Wildman–Crippen LogP) is 4.06. The highest BCUT2D eigenvalue weighted by Crippen LogP contribution is 2.18. The second-order valence-electron chi connectivity index (χ2n) is 8.15. The average molecular weight is 547 g/mol. The Balaban J connectivity index is 0.000000293. The van der Waals surface area contributed by atoms with E-state index in [0.29, 0.717) is 27.7 Å². The Morgan fingerprint density at radius 2 is 1.26 bits per heavy atom. The van der Waals surface area contributed by atoms with Crippen molar-refractivity contribution in [3.63, 3.8) is 0 Å². The maximum Gasteiger partial charge on any atom is 0.335 e. The quantitative estimate of drug-likeness (QED) is 0.227. The molecule has 0 radical (unpaired) electrons. The van der Waals surface area contributed by atoms with E-state index < -0.39 is 22.0 Å². The van der Waals surface area contributed by atoms with Crippen molar-refractivity contribution < 1.29 is 37.8 Å². The zero-order valence-electron chi connectivity index (χ0n) is 20.4. The molecule has 0 unspecified atom stereocenters. The average Bonchev–Trinajstić information content (AvgIpc) is 2.91. The Labute approximate surface area is 223 Å². The Bertz CT molecular complexity index is 1680. The van der Waals surface area contributed by atoms with E-state index in [9.17, 15) is 27.6 Å². The van der Waals surface area contributed by atoms with Crippen LogP contribution in [-0.4, -0.2) is 47.1 Å². The van der Waals surface area contributed by atoms with Crippen LogP contribution in [-0.2, 0) is 10.0 Å². The molecule has 0 saturated heterocycles. The maximum absolute atomic E-state index is 12.2. The Morgan fingerprint density at radius 1 is 0.744 bits per heavy atom. The van der Waals surface area contributed by atoms with Crippen molar-refractivity contribution in [2.24, 2.45) is 5.14 Å². The number of benzene rings is 3. The van der Waals surface area contributed by atoms with Gasteiger partial charge in [-0.2, -0.15) is 0 Å². The molecule has 0 aliphatic heterocycles. The van der Waals surface area contributed by atoms with Crippen LogP contribution in [0, 0.1) is 0 Å². The number of fused-ring (bicyclic) bond motifs is 1. The van der Waals surface area contributed by atoms with Crippen LogP contribution in [0.15, 0.2) is 89.8 Å². The number of ketones is 2. The predicted molar refractivity (Wildman–Crippen MR) is 143 cm³/mol. The number of aromatic nitrogens is 1. The van der Waals surface area contributed by atoms with Gasteiger partial charge in [0.2, 0.25) is 10.0 Å². The molecule has 4 aromatic rings. The van der Waals surface area contributed by atoms with Gasteiger partial charge < -0.3 is 10.2 Å². The van der Waals surface area contributed by atoms with E-state index in [1.54, 1.807) is 18.2 Å². The summed E-state index contributed by atoms with van der Waals surface area (Å²) >= 11 is 0. The van der Waals surface area contributed by atoms with Gasteiger partial charge in [-0.25, -0.2) is 28.1 Å². The van der Waals surface area contributed by atoms with E-state index in [2.05, 4.69) is 4.98 Å². The molecule has 1 heterocycles. The molecule has 0 aliphatic carbocycles. The minimum atomic E-state index is -3.79. The number of sulfonamides is 1. The molecule has 0 fully saturated rings. The smallest absolute Gasteiger partial charge is 0.335 e. The lowest BCUT2D eigenvalue weighted by Gasteiger charge is -2.02. The summed E-state index contributed by atoms with van der Waals surface area (Å²) < 4.78 is 22.8. The number of primary sulfonamides is 1. The zero-order chi connectivity index (χ0) is 28.7. The fourth-order valence-corrected chi connectivity index (χ4v) is 3.82. The van der Waals surface area contributed by atoms with Crippen molar-refractivity contribution in [1.82, 2.24) is 4.98 Å². The second kappa shape index (κ2) is 12.0. The molecular weight excluding hydrogens is 524 g/mol. The largest absolute Gasteiger partial charge is 0.478 e. The number of carbonyl (C=O) groups excluding carboxylic acids is 2. The number of hydrogen-bond acceptors (Lipinski definition) is 7. The van der Waals surface area contributed by atoms with Crippen molar-refractivity contribution in [1.29, 1.82) is 0 Å². The number of carboxylic acid groups (broad SMARTS) is 2. The SMILES string of the molecule is CC(=O)c1ccc(C(=O)O)cc1.NS(=O)(=O)c1ccc2nc(C=CC(=O)c3ccc(C(=O)O)cc3)ccc2c1. The molecule has 0 atom stereocenters. The topological polar surface area (TPSA) is 182 Å². The number of nitrogens with two attached hydrogens (primary N) is 1. The van der Waals surface area contributed by atoms with Crippen molar-refractivity contribution in [2.45, 2.75) is 11.8 Å². The van der Waals surface area contributed by atoms with Gasteiger partial charge >= 0.3 is 11.9 Å². The van der Waals surface area contributed by atoms with E-state index in [0.717, 1.165) is 0 Å². The third kappa shape index (κ3) is 7.74. The number of allylic oxidation sites excluding steroid dienone is 1. The first-order valence-electron chi connectivity index (χ1n) is 11.2. The molecule has 0 amide bonds. The van der Waals surface area contributed by atoms with Gasteiger partial charge in [0, 0.05) is 16.5 Å². The molecule has 39 heavy (non-hydrogen) atoms. The summed E-state index contributed by atoms with van der Waals surface area (Å²) in [6.07, 6.45) is 2.86. The van der Waals surface area contributed by atoms with Crippen LogP contribution in [0.25, 0.3) is 17.0 Å². The van der Waals surface area contributed by atoms with Crippen LogP contribution in [0.5, 0.6) is 0 Å². The monoisotopic (exact) mass is 546 g/mol.